The predicted octanol–water partition coefficient (Wildman–Crippen LogP) is 2.88. The molecule has 1 atom stereocenters. The van der Waals surface area contributed by atoms with Gasteiger partial charge in [-0.3, -0.25) is 4.90 Å². The van der Waals surface area contributed by atoms with Gasteiger partial charge < -0.3 is 24.3 Å². The van der Waals surface area contributed by atoms with Crippen molar-refractivity contribution in [3.8, 4) is 17.2 Å². The van der Waals surface area contributed by atoms with Gasteiger partial charge in [0, 0.05) is 37.8 Å². The Bertz CT molecular complexity index is 730. The molecule has 1 unspecified atom stereocenters. The molecule has 0 spiro atoms. The van der Waals surface area contributed by atoms with Crippen molar-refractivity contribution in [3.05, 3.63) is 53.6 Å². The van der Waals surface area contributed by atoms with Crippen molar-refractivity contribution in [2.75, 3.05) is 54.2 Å². The van der Waals surface area contributed by atoms with E-state index in [0.29, 0.717) is 6.54 Å². The molecule has 0 radical (unpaired) electrons. The quantitative estimate of drug-likeness (QED) is 0.715. The van der Waals surface area contributed by atoms with Gasteiger partial charge in [-0.1, -0.05) is 24.3 Å². The van der Waals surface area contributed by atoms with Crippen molar-refractivity contribution < 1.29 is 18.9 Å². The van der Waals surface area contributed by atoms with Crippen LogP contribution in [0.1, 0.15) is 17.2 Å². The van der Waals surface area contributed by atoms with E-state index in [9.17, 15) is 0 Å². The summed E-state index contributed by atoms with van der Waals surface area (Å²) in [6, 6.07) is 14.6. The molecule has 6 nitrogen and oxygen atoms in total. The zero-order valence-electron chi connectivity index (χ0n) is 16.9. The fraction of sp³-hybridized carbons (Fsp3) is 0.455. The summed E-state index contributed by atoms with van der Waals surface area (Å²) in [6.07, 6.45) is 0. The maximum atomic E-state index is 5.55. The highest BCUT2D eigenvalue weighted by Crippen LogP contribution is 2.31. The molecule has 0 bridgehead atoms. The number of morpholine rings is 1. The molecule has 2 aromatic rings. The normalized spacial score (nSPS) is 15.8. The largest absolute Gasteiger partial charge is 0.497 e. The molecule has 1 fully saturated rings. The minimum absolute atomic E-state index is 0.270. The van der Waals surface area contributed by atoms with Crippen LogP contribution in [0.5, 0.6) is 17.2 Å². The smallest absolute Gasteiger partial charge is 0.165 e. The van der Waals surface area contributed by atoms with E-state index in [1.807, 2.05) is 24.3 Å². The second-order valence-electron chi connectivity index (χ2n) is 6.72. The number of hydrogen-bond donors (Lipinski definition) is 1. The Morgan fingerprint density at radius 3 is 2.36 bits per heavy atom. The lowest BCUT2D eigenvalue weighted by molar-refractivity contribution is 0.0161. The topological polar surface area (TPSA) is 52.2 Å². The first kappa shape index (κ1) is 20.5. The monoisotopic (exact) mass is 386 g/mol. The number of nitrogens with zero attached hydrogens (tertiary/aromatic N) is 1. The van der Waals surface area contributed by atoms with E-state index in [-0.39, 0.29) is 6.04 Å². The van der Waals surface area contributed by atoms with Gasteiger partial charge >= 0.3 is 0 Å². The average molecular weight is 386 g/mol. The van der Waals surface area contributed by atoms with Crippen molar-refractivity contribution in [2.24, 2.45) is 0 Å². The third-order valence-corrected chi connectivity index (χ3v) is 5.12. The minimum Gasteiger partial charge on any atom is -0.497 e. The third-order valence-electron chi connectivity index (χ3n) is 5.12. The minimum atomic E-state index is 0.270. The number of nitrogens with one attached hydrogen (secondary N) is 1. The Morgan fingerprint density at radius 2 is 1.71 bits per heavy atom. The summed E-state index contributed by atoms with van der Waals surface area (Å²) < 4.78 is 21.8. The Hall–Kier alpha value is -2.28. The first-order valence-electron chi connectivity index (χ1n) is 9.63. The van der Waals surface area contributed by atoms with Gasteiger partial charge in [0.25, 0.3) is 0 Å². The Balaban J connectivity index is 1.71. The molecule has 0 saturated carbocycles. The number of hydrogen-bond acceptors (Lipinski definition) is 6. The molecule has 28 heavy (non-hydrogen) atoms. The van der Waals surface area contributed by atoms with Crippen LogP contribution in [0, 0.1) is 0 Å². The summed E-state index contributed by atoms with van der Waals surface area (Å²) in [5.74, 6) is 2.41. The SMILES string of the molecule is COc1ccc(C(CNCc2cccc(OC)c2OC)N2CCOCC2)cc1. The van der Waals surface area contributed by atoms with E-state index in [0.717, 1.165) is 55.7 Å². The molecular formula is C22H30N2O4. The molecule has 3 rings (SSSR count). The van der Waals surface area contributed by atoms with E-state index in [1.54, 1.807) is 21.3 Å². The molecule has 0 amide bonds. The molecule has 152 valence electrons. The molecule has 2 aromatic carbocycles. The van der Waals surface area contributed by atoms with E-state index in [4.69, 9.17) is 18.9 Å². The van der Waals surface area contributed by atoms with Crippen LogP contribution < -0.4 is 19.5 Å². The highest BCUT2D eigenvalue weighted by Gasteiger charge is 2.22. The highest BCUT2D eigenvalue weighted by molar-refractivity contribution is 5.46. The molecule has 1 heterocycles. The maximum absolute atomic E-state index is 5.55. The molecule has 0 aliphatic carbocycles. The van der Waals surface area contributed by atoms with Gasteiger partial charge in [0.15, 0.2) is 11.5 Å². The van der Waals surface area contributed by atoms with E-state index in [1.165, 1.54) is 5.56 Å². The fourth-order valence-corrected chi connectivity index (χ4v) is 3.61. The van der Waals surface area contributed by atoms with Gasteiger partial charge in [-0.05, 0) is 23.8 Å². The molecule has 6 heteroatoms. The second kappa shape index (κ2) is 10.3. The number of rotatable bonds is 9. The second-order valence-corrected chi connectivity index (χ2v) is 6.72. The molecule has 1 aliphatic rings. The molecule has 1 saturated heterocycles. The van der Waals surface area contributed by atoms with Crippen LogP contribution in [0.15, 0.2) is 42.5 Å². The molecule has 1 N–H and O–H groups in total. The molecular weight excluding hydrogens is 356 g/mol. The van der Waals surface area contributed by atoms with Crippen molar-refractivity contribution >= 4 is 0 Å². The van der Waals surface area contributed by atoms with Gasteiger partial charge in [-0.2, -0.15) is 0 Å². The number of ether oxygens (including phenoxy) is 4. The van der Waals surface area contributed by atoms with Crippen molar-refractivity contribution in [3.63, 3.8) is 0 Å². The van der Waals surface area contributed by atoms with E-state index < -0.39 is 0 Å². The van der Waals surface area contributed by atoms with Gasteiger partial charge in [-0.25, -0.2) is 0 Å². The summed E-state index contributed by atoms with van der Waals surface area (Å²) in [5, 5.41) is 3.60. The summed E-state index contributed by atoms with van der Waals surface area (Å²) in [4.78, 5) is 2.47. The first-order chi connectivity index (χ1) is 13.8. The van der Waals surface area contributed by atoms with Crippen molar-refractivity contribution in [2.45, 2.75) is 12.6 Å². The van der Waals surface area contributed by atoms with Crippen molar-refractivity contribution in [1.82, 2.24) is 10.2 Å². The summed E-state index contributed by atoms with van der Waals surface area (Å²) >= 11 is 0. The Labute approximate surface area is 167 Å². The number of benzene rings is 2. The Kier molecular flexibility index (Phi) is 7.54. The van der Waals surface area contributed by atoms with Gasteiger partial charge in [0.2, 0.25) is 0 Å². The molecule has 1 aliphatic heterocycles. The standard InChI is InChI=1S/C22H30N2O4/c1-25-19-9-7-17(8-10-19)20(24-11-13-28-14-12-24)16-23-15-18-5-4-6-21(26-2)22(18)27-3/h4-10,20,23H,11-16H2,1-3H3. The van der Waals surface area contributed by atoms with Gasteiger partial charge in [-0.15, -0.1) is 0 Å². The fourth-order valence-electron chi connectivity index (χ4n) is 3.61. The van der Waals surface area contributed by atoms with Crippen LogP contribution in [0.3, 0.4) is 0 Å². The lowest BCUT2D eigenvalue weighted by Gasteiger charge is -2.35. The van der Waals surface area contributed by atoms with Crippen LogP contribution in [0.2, 0.25) is 0 Å². The Morgan fingerprint density at radius 1 is 0.964 bits per heavy atom. The van der Waals surface area contributed by atoms with E-state index >= 15 is 0 Å². The van der Waals surface area contributed by atoms with Gasteiger partial charge in [0.1, 0.15) is 5.75 Å². The van der Waals surface area contributed by atoms with Crippen molar-refractivity contribution in [1.29, 1.82) is 0 Å². The van der Waals surface area contributed by atoms with Crippen LogP contribution in [-0.2, 0) is 11.3 Å². The summed E-state index contributed by atoms with van der Waals surface area (Å²) in [5.41, 5.74) is 2.35. The summed E-state index contributed by atoms with van der Waals surface area (Å²) in [7, 11) is 5.03. The predicted molar refractivity (Wildman–Crippen MR) is 109 cm³/mol. The first-order valence-corrected chi connectivity index (χ1v) is 9.63. The van der Waals surface area contributed by atoms with Crippen LogP contribution in [-0.4, -0.2) is 59.1 Å². The zero-order valence-corrected chi connectivity index (χ0v) is 16.9. The average Bonchev–Trinajstić information content (AvgIpc) is 2.77. The lowest BCUT2D eigenvalue weighted by atomic mass is 10.0. The maximum Gasteiger partial charge on any atom is 0.165 e. The lowest BCUT2D eigenvalue weighted by Crippen LogP contribution is -2.42. The van der Waals surface area contributed by atoms with Gasteiger partial charge in [0.05, 0.1) is 34.5 Å². The van der Waals surface area contributed by atoms with Crippen LogP contribution in [0.25, 0.3) is 0 Å². The summed E-state index contributed by atoms with van der Waals surface area (Å²) in [6.45, 7) is 4.94. The number of methoxy groups -OCH3 is 3. The highest BCUT2D eigenvalue weighted by atomic mass is 16.5. The van der Waals surface area contributed by atoms with Crippen LogP contribution in [0.4, 0.5) is 0 Å². The zero-order chi connectivity index (χ0) is 19.8. The van der Waals surface area contributed by atoms with E-state index in [2.05, 4.69) is 28.4 Å². The van der Waals surface area contributed by atoms with Crippen LogP contribution >= 0.6 is 0 Å². The number of para-hydroxylation sites is 1. The third kappa shape index (κ3) is 4.95. The molecule has 0 aromatic heterocycles.